The zero-order chi connectivity index (χ0) is 19.8. The molecule has 3 fully saturated rings. The van der Waals surface area contributed by atoms with Gasteiger partial charge in [0.05, 0.1) is 23.0 Å². The summed E-state index contributed by atoms with van der Waals surface area (Å²) in [5.41, 5.74) is -1.14. The van der Waals surface area contributed by atoms with Crippen LogP contribution in [0.2, 0.25) is 0 Å². The molecular formula is C21H29NO5. The molecule has 4 aliphatic carbocycles. The van der Waals surface area contributed by atoms with Gasteiger partial charge in [-0.1, -0.05) is 18.2 Å². The van der Waals surface area contributed by atoms with E-state index in [0.717, 1.165) is 17.6 Å². The van der Waals surface area contributed by atoms with Crippen molar-refractivity contribution in [2.24, 2.45) is 28.6 Å². The summed E-state index contributed by atoms with van der Waals surface area (Å²) in [5, 5.41) is 34.7. The lowest BCUT2D eigenvalue weighted by molar-refractivity contribution is -0.163. The molecule has 7 atom stereocenters. The lowest BCUT2D eigenvalue weighted by Crippen LogP contribution is -2.54. The Morgan fingerprint density at radius 3 is 2.74 bits per heavy atom. The molecule has 0 heterocycles. The largest absolute Gasteiger partial charge is 0.481 e. The number of aliphatic hydroxyl groups is 2. The summed E-state index contributed by atoms with van der Waals surface area (Å²) in [7, 11) is 0. The third kappa shape index (κ3) is 2.14. The van der Waals surface area contributed by atoms with E-state index in [1.807, 2.05) is 13.0 Å². The summed E-state index contributed by atoms with van der Waals surface area (Å²) < 4.78 is 0. The van der Waals surface area contributed by atoms with Crippen molar-refractivity contribution in [1.82, 2.24) is 5.32 Å². The van der Waals surface area contributed by atoms with E-state index in [9.17, 15) is 24.9 Å². The van der Waals surface area contributed by atoms with Crippen molar-refractivity contribution in [3.8, 4) is 0 Å². The summed E-state index contributed by atoms with van der Waals surface area (Å²) in [6.07, 6.45) is 3.52. The van der Waals surface area contributed by atoms with Crippen LogP contribution < -0.4 is 5.32 Å². The first kappa shape index (κ1) is 18.7. The number of fused-ring (bicyclic) bond motifs is 3. The highest BCUT2D eigenvalue weighted by molar-refractivity contribution is 5.85. The number of rotatable bonds is 3. The van der Waals surface area contributed by atoms with Crippen LogP contribution in [0.25, 0.3) is 0 Å². The molecule has 1 spiro atoms. The summed E-state index contributed by atoms with van der Waals surface area (Å²) in [4.78, 5) is 25.5. The Kier molecular flexibility index (Phi) is 3.93. The predicted molar refractivity (Wildman–Crippen MR) is 98.6 cm³/mol. The molecule has 0 radical (unpaired) electrons. The minimum absolute atomic E-state index is 0.0563. The third-order valence-electron chi connectivity index (χ3n) is 8.09. The second kappa shape index (κ2) is 5.67. The zero-order valence-corrected chi connectivity index (χ0v) is 16.0. The molecule has 27 heavy (non-hydrogen) atoms. The molecule has 4 rings (SSSR count). The van der Waals surface area contributed by atoms with Gasteiger partial charge in [-0.3, -0.25) is 9.59 Å². The van der Waals surface area contributed by atoms with Gasteiger partial charge in [-0.25, -0.2) is 0 Å². The van der Waals surface area contributed by atoms with Crippen LogP contribution in [0, 0.1) is 28.6 Å². The van der Waals surface area contributed by atoms with Crippen LogP contribution in [0.15, 0.2) is 23.8 Å². The Balaban J connectivity index is 1.92. The van der Waals surface area contributed by atoms with Gasteiger partial charge in [-0.05, 0) is 62.9 Å². The van der Waals surface area contributed by atoms with Crippen LogP contribution >= 0.6 is 0 Å². The Hall–Kier alpha value is -1.66. The molecule has 5 unspecified atom stereocenters. The Labute approximate surface area is 159 Å². The van der Waals surface area contributed by atoms with Gasteiger partial charge in [0.25, 0.3) is 0 Å². The van der Waals surface area contributed by atoms with Gasteiger partial charge < -0.3 is 20.6 Å². The average Bonchev–Trinajstić information content (AvgIpc) is 2.98. The molecule has 1 amide bonds. The number of aliphatic carboxylic acids is 1. The van der Waals surface area contributed by atoms with Crippen LogP contribution in [0.4, 0.5) is 0 Å². The number of amides is 1. The second-order valence-electron chi connectivity index (χ2n) is 9.21. The van der Waals surface area contributed by atoms with Crippen molar-refractivity contribution >= 4 is 11.9 Å². The predicted octanol–water partition coefficient (Wildman–Crippen LogP) is 1.63. The number of nitrogens with one attached hydrogen (secondary N) is 1. The lowest BCUT2D eigenvalue weighted by atomic mass is 9.60. The smallest absolute Gasteiger partial charge is 0.312 e. The van der Waals surface area contributed by atoms with Crippen molar-refractivity contribution in [3.63, 3.8) is 0 Å². The van der Waals surface area contributed by atoms with Crippen LogP contribution in [0.3, 0.4) is 0 Å². The highest BCUT2D eigenvalue weighted by Gasteiger charge is 2.72. The van der Waals surface area contributed by atoms with E-state index in [-0.39, 0.29) is 18.2 Å². The Bertz CT molecular complexity index is 760. The van der Waals surface area contributed by atoms with E-state index >= 15 is 0 Å². The average molecular weight is 375 g/mol. The molecule has 0 aromatic heterocycles. The first-order chi connectivity index (χ1) is 12.6. The van der Waals surface area contributed by atoms with E-state index in [2.05, 4.69) is 11.9 Å². The molecule has 4 N–H and O–H groups in total. The van der Waals surface area contributed by atoms with Crippen LogP contribution in [0.5, 0.6) is 0 Å². The normalized spacial score (nSPS) is 47.9. The summed E-state index contributed by atoms with van der Waals surface area (Å²) in [5.74, 6) is -2.33. The minimum atomic E-state index is -1.42. The highest BCUT2D eigenvalue weighted by atomic mass is 16.4. The maximum atomic E-state index is 13.2. The van der Waals surface area contributed by atoms with Crippen molar-refractivity contribution in [2.45, 2.75) is 57.7 Å². The molecule has 148 valence electrons. The van der Waals surface area contributed by atoms with E-state index < -0.39 is 40.3 Å². The van der Waals surface area contributed by atoms with Gasteiger partial charge in [-0.2, -0.15) is 0 Å². The maximum Gasteiger partial charge on any atom is 0.312 e. The lowest BCUT2D eigenvalue weighted by Gasteiger charge is -2.44. The molecule has 6 nitrogen and oxygen atoms in total. The Morgan fingerprint density at radius 1 is 1.41 bits per heavy atom. The van der Waals surface area contributed by atoms with Gasteiger partial charge >= 0.3 is 5.97 Å². The monoisotopic (exact) mass is 375 g/mol. The van der Waals surface area contributed by atoms with Gasteiger partial charge in [0, 0.05) is 12.5 Å². The third-order valence-corrected chi connectivity index (χ3v) is 8.09. The first-order valence-electron chi connectivity index (χ1n) is 9.91. The summed E-state index contributed by atoms with van der Waals surface area (Å²) in [6.45, 7) is 7.98. The molecule has 0 saturated heterocycles. The molecule has 0 aliphatic heterocycles. The van der Waals surface area contributed by atoms with E-state index in [1.165, 1.54) is 0 Å². The topological polar surface area (TPSA) is 107 Å². The van der Waals surface area contributed by atoms with Gasteiger partial charge in [-0.15, -0.1) is 0 Å². The number of carboxylic acid groups (broad SMARTS) is 1. The van der Waals surface area contributed by atoms with Crippen molar-refractivity contribution in [3.05, 3.63) is 23.8 Å². The fourth-order valence-corrected chi connectivity index (χ4v) is 6.79. The summed E-state index contributed by atoms with van der Waals surface area (Å²) >= 11 is 0. The van der Waals surface area contributed by atoms with Crippen molar-refractivity contribution < 1.29 is 24.9 Å². The second-order valence-corrected chi connectivity index (χ2v) is 9.21. The quantitative estimate of drug-likeness (QED) is 0.561. The summed E-state index contributed by atoms with van der Waals surface area (Å²) in [6, 6.07) is 0. The standard InChI is InChI=1S/C21H29NO5/c1-4-22-17(24)16-15-12(5-6-14(23)19(15,3)18(25)26)13-7-8-21(27)10-20(13,16)9-11(21)2/h5,13-16,23,27H,2,4,6-10H2,1,3H3,(H,22,24)(H,25,26)/t13?,14?,15?,16?,19-,20?,21+/m1/s1. The number of aliphatic hydroxyl groups excluding tert-OH is 1. The number of carboxylic acids is 1. The van der Waals surface area contributed by atoms with Crippen LogP contribution in [-0.4, -0.2) is 45.4 Å². The van der Waals surface area contributed by atoms with E-state index in [1.54, 1.807) is 6.92 Å². The number of hydrogen-bond acceptors (Lipinski definition) is 4. The van der Waals surface area contributed by atoms with Gasteiger partial charge in [0.2, 0.25) is 5.91 Å². The first-order valence-corrected chi connectivity index (χ1v) is 9.91. The number of carbonyl (C=O) groups excluding carboxylic acids is 1. The zero-order valence-electron chi connectivity index (χ0n) is 16.0. The molecular weight excluding hydrogens is 346 g/mol. The van der Waals surface area contributed by atoms with Crippen molar-refractivity contribution in [1.29, 1.82) is 0 Å². The van der Waals surface area contributed by atoms with Gasteiger partial charge in [0.1, 0.15) is 0 Å². The van der Waals surface area contributed by atoms with Gasteiger partial charge in [0.15, 0.2) is 0 Å². The van der Waals surface area contributed by atoms with E-state index in [0.29, 0.717) is 25.8 Å². The van der Waals surface area contributed by atoms with Crippen molar-refractivity contribution in [2.75, 3.05) is 6.54 Å². The molecule has 3 saturated carbocycles. The van der Waals surface area contributed by atoms with Crippen LogP contribution in [-0.2, 0) is 9.59 Å². The number of carbonyl (C=O) groups is 2. The highest BCUT2D eigenvalue weighted by Crippen LogP contribution is 2.73. The fraction of sp³-hybridized carbons (Fsp3) is 0.714. The Morgan fingerprint density at radius 2 is 2.11 bits per heavy atom. The molecule has 2 bridgehead atoms. The molecule has 6 heteroatoms. The molecule has 0 aromatic carbocycles. The number of hydrogen-bond donors (Lipinski definition) is 4. The molecule has 4 aliphatic rings. The fourth-order valence-electron chi connectivity index (χ4n) is 6.79. The minimum Gasteiger partial charge on any atom is -0.481 e. The van der Waals surface area contributed by atoms with Crippen LogP contribution in [0.1, 0.15) is 46.0 Å². The SMILES string of the molecule is C=C1CC23C[C@@]1(O)CCC2C1=CCC(O)[C@@](C)(C(=O)O)C1C3C(=O)NCC. The van der Waals surface area contributed by atoms with E-state index in [4.69, 9.17) is 0 Å². The number of allylic oxidation sites excluding steroid dienone is 1. The molecule has 0 aromatic rings. The maximum absolute atomic E-state index is 13.2.